The topological polar surface area (TPSA) is 79.0 Å². The van der Waals surface area contributed by atoms with Crippen LogP contribution >= 0.6 is 11.8 Å². The number of amides is 1. The first-order valence-electron chi connectivity index (χ1n) is 10.1. The van der Waals surface area contributed by atoms with Gasteiger partial charge in [0.15, 0.2) is 0 Å². The third-order valence-electron chi connectivity index (χ3n) is 5.16. The van der Waals surface area contributed by atoms with Gasteiger partial charge in [-0.15, -0.1) is 11.8 Å². The Hall–Kier alpha value is -1.91. The van der Waals surface area contributed by atoms with Crippen molar-refractivity contribution in [2.24, 2.45) is 0 Å². The number of carbonyl (C=O) groups excluding carboxylic acids is 1. The molecule has 0 unspecified atom stereocenters. The molecule has 0 aliphatic carbocycles. The van der Waals surface area contributed by atoms with E-state index < -0.39 is 10.0 Å². The van der Waals surface area contributed by atoms with Crippen LogP contribution in [-0.2, 0) is 32.6 Å². The molecule has 1 N–H and O–H groups in total. The van der Waals surface area contributed by atoms with E-state index in [1.54, 1.807) is 36.0 Å². The summed E-state index contributed by atoms with van der Waals surface area (Å²) in [7, 11) is -2.30. The van der Waals surface area contributed by atoms with Gasteiger partial charge in [0.25, 0.3) is 0 Å². The van der Waals surface area contributed by atoms with Crippen molar-refractivity contribution in [2.75, 3.05) is 46.2 Å². The van der Waals surface area contributed by atoms with E-state index in [-0.39, 0.29) is 17.3 Å². The molecule has 1 aliphatic rings. The molecule has 1 heterocycles. The van der Waals surface area contributed by atoms with Gasteiger partial charge in [-0.1, -0.05) is 24.3 Å². The number of likely N-dealkylation sites (N-methyl/N-ethyl adjacent to an activating group) is 1. The number of hydrogen-bond acceptors (Lipinski definition) is 6. The minimum atomic E-state index is -3.71. The lowest BCUT2D eigenvalue weighted by Gasteiger charge is -2.26. The van der Waals surface area contributed by atoms with E-state index in [0.717, 1.165) is 47.6 Å². The van der Waals surface area contributed by atoms with Crippen LogP contribution in [0.25, 0.3) is 0 Å². The molecule has 2 aromatic carbocycles. The molecule has 0 atom stereocenters. The Labute approximate surface area is 188 Å². The largest absolute Gasteiger partial charge is 0.379 e. The minimum absolute atomic E-state index is 0.177. The summed E-state index contributed by atoms with van der Waals surface area (Å²) in [6.45, 7) is 4.44. The zero-order valence-electron chi connectivity index (χ0n) is 17.9. The average Bonchev–Trinajstić information content (AvgIpc) is 2.79. The standard InChI is InChI=1S/C22H29N3O4S2/c1-24(31(27,28)21-9-7-20(30-2)8-10-21)17-22(26)23-15-18-3-5-19(6-4-18)16-25-11-13-29-14-12-25/h3-10H,11-17H2,1-2H3,(H,23,26). The summed E-state index contributed by atoms with van der Waals surface area (Å²) in [5.74, 6) is -0.343. The summed E-state index contributed by atoms with van der Waals surface area (Å²) in [6, 6.07) is 14.7. The summed E-state index contributed by atoms with van der Waals surface area (Å²) < 4.78 is 31.8. The van der Waals surface area contributed by atoms with Gasteiger partial charge in [0.1, 0.15) is 0 Å². The van der Waals surface area contributed by atoms with Crippen LogP contribution in [0.1, 0.15) is 11.1 Å². The van der Waals surface area contributed by atoms with Gasteiger partial charge in [0, 0.05) is 38.1 Å². The van der Waals surface area contributed by atoms with Gasteiger partial charge in [0.2, 0.25) is 15.9 Å². The SMILES string of the molecule is CSc1ccc(S(=O)(=O)N(C)CC(=O)NCc2ccc(CN3CCOCC3)cc2)cc1. The highest BCUT2D eigenvalue weighted by Gasteiger charge is 2.22. The first-order valence-corrected chi connectivity index (χ1v) is 12.8. The number of nitrogens with one attached hydrogen (secondary N) is 1. The normalized spacial score (nSPS) is 15.2. The summed E-state index contributed by atoms with van der Waals surface area (Å²) in [5, 5.41) is 2.80. The molecule has 7 nitrogen and oxygen atoms in total. The fraction of sp³-hybridized carbons (Fsp3) is 0.409. The molecule has 9 heteroatoms. The summed E-state index contributed by atoms with van der Waals surface area (Å²) >= 11 is 1.54. The highest BCUT2D eigenvalue weighted by molar-refractivity contribution is 7.98. The second kappa shape index (κ2) is 11.1. The molecule has 0 bridgehead atoms. The minimum Gasteiger partial charge on any atom is -0.379 e. The van der Waals surface area contributed by atoms with E-state index in [4.69, 9.17) is 4.74 Å². The fourth-order valence-electron chi connectivity index (χ4n) is 3.25. The maximum absolute atomic E-state index is 12.7. The molecule has 168 valence electrons. The molecule has 0 radical (unpaired) electrons. The van der Waals surface area contributed by atoms with Crippen LogP contribution in [0.4, 0.5) is 0 Å². The lowest BCUT2D eigenvalue weighted by molar-refractivity contribution is -0.121. The number of nitrogens with zero attached hydrogens (tertiary/aromatic N) is 2. The van der Waals surface area contributed by atoms with Crippen molar-refractivity contribution in [1.29, 1.82) is 0 Å². The van der Waals surface area contributed by atoms with E-state index in [1.165, 1.54) is 12.6 Å². The van der Waals surface area contributed by atoms with E-state index in [1.807, 2.05) is 18.4 Å². The van der Waals surface area contributed by atoms with Gasteiger partial charge in [-0.25, -0.2) is 8.42 Å². The van der Waals surface area contributed by atoms with Crippen LogP contribution in [0.3, 0.4) is 0 Å². The van der Waals surface area contributed by atoms with Crippen LogP contribution in [-0.4, -0.2) is 69.7 Å². The zero-order valence-corrected chi connectivity index (χ0v) is 19.5. The van der Waals surface area contributed by atoms with Gasteiger partial charge >= 0.3 is 0 Å². The number of benzene rings is 2. The number of hydrogen-bond donors (Lipinski definition) is 1. The quantitative estimate of drug-likeness (QED) is 0.575. The molecule has 0 spiro atoms. The number of morpholine rings is 1. The van der Waals surface area contributed by atoms with Crippen LogP contribution in [0.2, 0.25) is 0 Å². The average molecular weight is 464 g/mol. The van der Waals surface area contributed by atoms with Crippen molar-refractivity contribution in [1.82, 2.24) is 14.5 Å². The third-order valence-corrected chi connectivity index (χ3v) is 7.72. The highest BCUT2D eigenvalue weighted by atomic mass is 32.2. The number of thioether (sulfide) groups is 1. The monoisotopic (exact) mass is 463 g/mol. The van der Waals surface area contributed by atoms with E-state index in [9.17, 15) is 13.2 Å². The summed E-state index contributed by atoms with van der Waals surface area (Å²) in [5.41, 5.74) is 2.19. The van der Waals surface area contributed by atoms with Crippen molar-refractivity contribution >= 4 is 27.7 Å². The number of sulfonamides is 1. The highest BCUT2D eigenvalue weighted by Crippen LogP contribution is 2.19. The molecule has 2 aromatic rings. The van der Waals surface area contributed by atoms with E-state index >= 15 is 0 Å². The maximum atomic E-state index is 12.7. The number of rotatable bonds is 9. The van der Waals surface area contributed by atoms with E-state index in [0.29, 0.717) is 6.54 Å². The second-order valence-electron chi connectivity index (χ2n) is 7.42. The lowest BCUT2D eigenvalue weighted by atomic mass is 10.1. The Kier molecular flexibility index (Phi) is 8.50. The van der Waals surface area contributed by atoms with Gasteiger partial charge in [0.05, 0.1) is 24.7 Å². The second-order valence-corrected chi connectivity index (χ2v) is 10.3. The molecule has 31 heavy (non-hydrogen) atoms. The van der Waals surface area contributed by atoms with Crippen molar-refractivity contribution in [3.05, 3.63) is 59.7 Å². The fourth-order valence-corrected chi connectivity index (χ4v) is 4.79. The predicted molar refractivity (Wildman–Crippen MR) is 122 cm³/mol. The molecule has 1 saturated heterocycles. The number of ether oxygens (including phenoxy) is 1. The molecule has 1 aliphatic heterocycles. The summed E-state index contributed by atoms with van der Waals surface area (Å²) in [6.07, 6.45) is 1.93. The van der Waals surface area contributed by atoms with Crippen LogP contribution in [0.15, 0.2) is 58.3 Å². The molecular weight excluding hydrogens is 434 g/mol. The number of carbonyl (C=O) groups is 1. The molecule has 1 amide bonds. The van der Waals surface area contributed by atoms with Gasteiger partial charge in [-0.05, 0) is 41.6 Å². The Bertz CT molecular complexity index is 957. The predicted octanol–water partition coefficient (Wildman–Crippen LogP) is 2.18. The first-order chi connectivity index (χ1) is 14.9. The van der Waals surface area contributed by atoms with Crippen molar-refractivity contribution in [3.8, 4) is 0 Å². The Balaban J connectivity index is 1.48. The van der Waals surface area contributed by atoms with Gasteiger partial charge < -0.3 is 10.1 Å². The van der Waals surface area contributed by atoms with Gasteiger partial charge in [-0.3, -0.25) is 9.69 Å². The van der Waals surface area contributed by atoms with Crippen LogP contribution in [0.5, 0.6) is 0 Å². The van der Waals surface area contributed by atoms with Crippen molar-refractivity contribution in [2.45, 2.75) is 22.9 Å². The molecule has 0 saturated carbocycles. The summed E-state index contributed by atoms with van der Waals surface area (Å²) in [4.78, 5) is 15.8. The molecular formula is C22H29N3O4S2. The zero-order chi connectivity index (χ0) is 22.3. The molecule has 3 rings (SSSR count). The molecule has 1 fully saturated rings. The van der Waals surface area contributed by atoms with Crippen molar-refractivity contribution < 1.29 is 17.9 Å². The van der Waals surface area contributed by atoms with Crippen LogP contribution in [0, 0.1) is 0 Å². The van der Waals surface area contributed by atoms with Crippen LogP contribution < -0.4 is 5.32 Å². The maximum Gasteiger partial charge on any atom is 0.243 e. The van der Waals surface area contributed by atoms with Gasteiger partial charge in [-0.2, -0.15) is 4.31 Å². The smallest absolute Gasteiger partial charge is 0.243 e. The van der Waals surface area contributed by atoms with E-state index in [2.05, 4.69) is 22.3 Å². The van der Waals surface area contributed by atoms with Crippen molar-refractivity contribution in [3.63, 3.8) is 0 Å². The Morgan fingerprint density at radius 2 is 1.68 bits per heavy atom. The Morgan fingerprint density at radius 3 is 2.29 bits per heavy atom. The third kappa shape index (κ3) is 6.78. The Morgan fingerprint density at radius 1 is 1.06 bits per heavy atom. The molecule has 0 aromatic heterocycles. The lowest BCUT2D eigenvalue weighted by Crippen LogP contribution is -2.38. The first kappa shape index (κ1) is 23.7.